The Kier molecular flexibility index (Phi) is 4.29. The minimum atomic E-state index is -3.30. The van der Waals surface area contributed by atoms with Crippen LogP contribution in [0.5, 0.6) is 5.75 Å². The van der Waals surface area contributed by atoms with Gasteiger partial charge < -0.3 is 14.4 Å². The van der Waals surface area contributed by atoms with Crippen LogP contribution in [0, 0.1) is 5.92 Å². The van der Waals surface area contributed by atoms with Crippen molar-refractivity contribution in [3.63, 3.8) is 0 Å². The normalized spacial score (nSPS) is 22.8. The van der Waals surface area contributed by atoms with E-state index in [2.05, 4.69) is 4.98 Å². The van der Waals surface area contributed by atoms with Crippen molar-refractivity contribution in [2.75, 3.05) is 38.3 Å². The smallest absolute Gasteiger partial charge is 0.237 e. The summed E-state index contributed by atoms with van der Waals surface area (Å²) < 4.78 is 34.0. The largest absolute Gasteiger partial charge is 0.492 e. The lowest BCUT2D eigenvalue weighted by atomic mass is 9.81. The first-order valence-corrected chi connectivity index (χ1v) is 9.56. The minimum absolute atomic E-state index is 0.185. The van der Waals surface area contributed by atoms with Gasteiger partial charge in [0.1, 0.15) is 17.1 Å². The van der Waals surface area contributed by atoms with Gasteiger partial charge >= 0.3 is 0 Å². The van der Waals surface area contributed by atoms with Crippen molar-refractivity contribution in [3.8, 4) is 5.75 Å². The quantitative estimate of drug-likeness (QED) is 0.757. The summed E-state index contributed by atoms with van der Waals surface area (Å²) in [5.74, 6) is 0.0874. The molecule has 7 nitrogen and oxygen atoms in total. The van der Waals surface area contributed by atoms with Crippen LogP contribution in [0.15, 0.2) is 24.5 Å². The number of hydrogen-bond acceptors (Lipinski definition) is 6. The second kappa shape index (κ2) is 6.09. The van der Waals surface area contributed by atoms with E-state index < -0.39 is 21.2 Å². The molecule has 0 aromatic carbocycles. The summed E-state index contributed by atoms with van der Waals surface area (Å²) in [5.41, 5.74) is -0.393. The van der Waals surface area contributed by atoms with Crippen molar-refractivity contribution in [1.29, 1.82) is 0 Å². The van der Waals surface area contributed by atoms with E-state index in [0.29, 0.717) is 32.1 Å². The van der Waals surface area contributed by atoms with E-state index in [9.17, 15) is 13.2 Å². The molecule has 1 unspecified atom stereocenters. The molecule has 3 rings (SSSR count). The molecule has 1 aromatic heterocycles. The molecule has 2 fully saturated rings. The van der Waals surface area contributed by atoms with E-state index in [0.717, 1.165) is 12.7 Å². The summed E-state index contributed by atoms with van der Waals surface area (Å²) in [6.07, 6.45) is 5.28. The fourth-order valence-corrected chi connectivity index (χ4v) is 3.72. The molecule has 0 N–H and O–H groups in total. The van der Waals surface area contributed by atoms with E-state index in [4.69, 9.17) is 9.47 Å². The molecule has 8 heteroatoms. The number of pyridine rings is 1. The van der Waals surface area contributed by atoms with Crippen LogP contribution in [0.25, 0.3) is 0 Å². The zero-order valence-electron chi connectivity index (χ0n) is 13.0. The topological polar surface area (TPSA) is 85.8 Å². The summed E-state index contributed by atoms with van der Waals surface area (Å²) >= 11 is 0. The molecule has 1 atom stereocenters. The van der Waals surface area contributed by atoms with Crippen molar-refractivity contribution in [2.45, 2.75) is 12.0 Å². The molecule has 3 heterocycles. The Hall–Kier alpha value is -1.67. The zero-order chi connectivity index (χ0) is 16.5. The van der Waals surface area contributed by atoms with E-state index in [1.807, 2.05) is 12.1 Å². The fraction of sp³-hybridized carbons (Fsp3) is 0.600. The van der Waals surface area contributed by atoms with Crippen LogP contribution in [0.3, 0.4) is 0 Å². The van der Waals surface area contributed by atoms with Crippen molar-refractivity contribution < 1.29 is 22.7 Å². The number of rotatable bonds is 5. The minimum Gasteiger partial charge on any atom is -0.492 e. The Morgan fingerprint density at radius 3 is 2.96 bits per heavy atom. The summed E-state index contributed by atoms with van der Waals surface area (Å²) in [7, 11) is -3.30. The van der Waals surface area contributed by atoms with Crippen molar-refractivity contribution in [1.82, 2.24) is 9.88 Å². The van der Waals surface area contributed by atoms with Gasteiger partial charge in [0.15, 0.2) is 9.84 Å². The molecule has 1 aromatic rings. The average Bonchev–Trinajstić information content (AvgIpc) is 2.86. The van der Waals surface area contributed by atoms with Crippen LogP contribution in [0.1, 0.15) is 6.42 Å². The number of sulfone groups is 1. The molecule has 126 valence electrons. The van der Waals surface area contributed by atoms with E-state index in [-0.39, 0.29) is 11.8 Å². The number of carbonyl (C=O) groups is 1. The highest BCUT2D eigenvalue weighted by molar-refractivity contribution is 7.91. The van der Waals surface area contributed by atoms with Gasteiger partial charge in [-0.1, -0.05) is 0 Å². The highest BCUT2D eigenvalue weighted by Gasteiger charge is 2.54. The number of amides is 1. The van der Waals surface area contributed by atoms with Crippen LogP contribution >= 0.6 is 0 Å². The average molecular weight is 340 g/mol. The van der Waals surface area contributed by atoms with Crippen molar-refractivity contribution in [2.24, 2.45) is 5.92 Å². The molecule has 0 bridgehead atoms. The molecule has 0 radical (unpaired) electrons. The van der Waals surface area contributed by atoms with Gasteiger partial charge in [-0.05, 0) is 18.6 Å². The van der Waals surface area contributed by atoms with Gasteiger partial charge in [-0.15, -0.1) is 0 Å². The van der Waals surface area contributed by atoms with Crippen LogP contribution < -0.4 is 4.74 Å². The number of likely N-dealkylation sites (tertiary alicyclic amines) is 1. The first-order valence-electron chi connectivity index (χ1n) is 7.50. The lowest BCUT2D eigenvalue weighted by Crippen LogP contribution is -2.67. The Balaban J connectivity index is 1.55. The van der Waals surface area contributed by atoms with Gasteiger partial charge in [0.25, 0.3) is 0 Å². The van der Waals surface area contributed by atoms with Gasteiger partial charge in [-0.2, -0.15) is 0 Å². The third kappa shape index (κ3) is 3.64. The summed E-state index contributed by atoms with van der Waals surface area (Å²) in [6.45, 7) is 2.00. The predicted molar refractivity (Wildman–Crippen MR) is 82.8 cm³/mol. The monoisotopic (exact) mass is 340 g/mol. The van der Waals surface area contributed by atoms with Crippen LogP contribution in [0.4, 0.5) is 0 Å². The predicted octanol–water partition coefficient (Wildman–Crippen LogP) is 0.123. The maximum atomic E-state index is 11.9. The Morgan fingerprint density at radius 1 is 1.52 bits per heavy atom. The molecular formula is C15H20N2O5S. The molecule has 2 aliphatic rings. The van der Waals surface area contributed by atoms with Gasteiger partial charge in [0.05, 0.1) is 25.9 Å². The van der Waals surface area contributed by atoms with E-state index >= 15 is 0 Å². The number of ether oxygens (including phenoxy) is 2. The number of hydrogen-bond donors (Lipinski definition) is 0. The maximum Gasteiger partial charge on any atom is 0.237 e. The maximum absolute atomic E-state index is 11.9. The lowest BCUT2D eigenvalue weighted by Gasteiger charge is -2.50. The summed E-state index contributed by atoms with van der Waals surface area (Å²) in [6, 6.07) is 3.66. The Morgan fingerprint density at radius 2 is 2.30 bits per heavy atom. The standard InChI is InChI=1S/C15H20N2O5S/c1-23(19,20)9-14(18)17-10-15(11-17)12(4-6-22-15)8-21-13-3-2-5-16-7-13/h2-3,5,7,12H,4,6,8-11H2,1H3. The molecule has 2 aliphatic heterocycles. The third-order valence-corrected chi connectivity index (χ3v) is 5.11. The van der Waals surface area contributed by atoms with Crippen molar-refractivity contribution in [3.05, 3.63) is 24.5 Å². The number of nitrogens with zero attached hydrogens (tertiary/aromatic N) is 2. The molecule has 0 saturated carbocycles. The fourth-order valence-electron chi connectivity index (χ4n) is 3.09. The Bertz CT molecular complexity index is 670. The van der Waals surface area contributed by atoms with Gasteiger partial charge in [-0.3, -0.25) is 9.78 Å². The highest BCUT2D eigenvalue weighted by atomic mass is 32.2. The molecule has 0 aliphatic carbocycles. The molecule has 2 saturated heterocycles. The van der Waals surface area contributed by atoms with Crippen LogP contribution in [0.2, 0.25) is 0 Å². The molecule has 1 amide bonds. The number of aromatic nitrogens is 1. The van der Waals surface area contributed by atoms with E-state index in [1.54, 1.807) is 17.3 Å². The second-order valence-electron chi connectivity index (χ2n) is 6.22. The van der Waals surface area contributed by atoms with Crippen LogP contribution in [-0.4, -0.2) is 68.1 Å². The summed E-state index contributed by atoms with van der Waals surface area (Å²) in [4.78, 5) is 17.5. The van der Waals surface area contributed by atoms with Crippen LogP contribution in [-0.2, 0) is 19.4 Å². The molecular weight excluding hydrogens is 320 g/mol. The second-order valence-corrected chi connectivity index (χ2v) is 8.36. The first kappa shape index (κ1) is 16.2. The summed E-state index contributed by atoms with van der Waals surface area (Å²) in [5, 5.41) is 0. The third-order valence-electron chi connectivity index (χ3n) is 4.34. The zero-order valence-corrected chi connectivity index (χ0v) is 13.8. The first-order chi connectivity index (χ1) is 10.9. The van der Waals surface area contributed by atoms with E-state index in [1.165, 1.54) is 0 Å². The van der Waals surface area contributed by atoms with Gasteiger partial charge in [0, 0.05) is 25.0 Å². The van der Waals surface area contributed by atoms with Gasteiger partial charge in [0.2, 0.25) is 5.91 Å². The SMILES string of the molecule is CS(=O)(=O)CC(=O)N1CC2(C1)OCCC2COc1cccnc1. The molecule has 23 heavy (non-hydrogen) atoms. The number of carbonyl (C=O) groups excluding carboxylic acids is 1. The highest BCUT2D eigenvalue weighted by Crippen LogP contribution is 2.40. The lowest BCUT2D eigenvalue weighted by molar-refractivity contribution is -0.164. The Labute approximate surface area is 135 Å². The molecule has 1 spiro atoms. The van der Waals surface area contributed by atoms with Gasteiger partial charge in [-0.25, -0.2) is 8.42 Å². The van der Waals surface area contributed by atoms with Crippen molar-refractivity contribution >= 4 is 15.7 Å².